The molecule has 0 saturated carbocycles. The first-order valence-corrected chi connectivity index (χ1v) is 6.10. The van der Waals surface area contributed by atoms with Crippen LogP contribution in [-0.2, 0) is 10.0 Å². The predicted molar refractivity (Wildman–Crippen MR) is 57.4 cm³/mol. The molecule has 9 heteroatoms. The summed E-state index contributed by atoms with van der Waals surface area (Å²) in [4.78, 5) is 21.1. The number of amides is 1. The van der Waals surface area contributed by atoms with Crippen molar-refractivity contribution in [3.63, 3.8) is 0 Å². The molecule has 0 N–H and O–H groups in total. The maximum absolute atomic E-state index is 11.7. The van der Waals surface area contributed by atoms with Crippen LogP contribution in [0, 0.1) is 10.1 Å². The normalized spacial score (nSPS) is 17.1. The number of carbonyl (C=O) groups is 1. The van der Waals surface area contributed by atoms with Crippen LogP contribution in [0.3, 0.4) is 0 Å². The molecule has 0 aromatic heterocycles. The van der Waals surface area contributed by atoms with Gasteiger partial charge in [0.25, 0.3) is 21.6 Å². The van der Waals surface area contributed by atoms with Crippen LogP contribution in [0.1, 0.15) is 10.4 Å². The van der Waals surface area contributed by atoms with Gasteiger partial charge in [-0.05, 0) is 6.07 Å². The number of nitro benzene ring substituents is 1. The standard InChI is InChI=1S/C8H5ClN2O5S/c1-10-8(12)4-2-6(11(13)14)5(9)3-7(4)17(10,15)16/h2-3H,1H3. The lowest BCUT2D eigenvalue weighted by atomic mass is 10.2. The van der Waals surface area contributed by atoms with E-state index >= 15 is 0 Å². The highest BCUT2D eigenvalue weighted by atomic mass is 35.5. The summed E-state index contributed by atoms with van der Waals surface area (Å²) in [5, 5.41) is 10.3. The third-order valence-electron chi connectivity index (χ3n) is 2.40. The Hall–Kier alpha value is -1.67. The van der Waals surface area contributed by atoms with Gasteiger partial charge < -0.3 is 0 Å². The van der Waals surface area contributed by atoms with Crippen molar-refractivity contribution >= 4 is 33.2 Å². The zero-order valence-electron chi connectivity index (χ0n) is 8.38. The summed E-state index contributed by atoms with van der Waals surface area (Å²) < 4.78 is 23.9. The Labute approximate surface area is 101 Å². The molecule has 0 aliphatic carbocycles. The fraction of sp³-hybridized carbons (Fsp3) is 0.125. The van der Waals surface area contributed by atoms with Gasteiger partial charge >= 0.3 is 0 Å². The number of nitrogens with zero attached hydrogens (tertiary/aromatic N) is 2. The first-order chi connectivity index (χ1) is 7.76. The lowest BCUT2D eigenvalue weighted by Gasteiger charge is -2.05. The number of fused-ring (bicyclic) bond motifs is 1. The quantitative estimate of drug-likeness (QED) is 0.563. The van der Waals surface area contributed by atoms with Crippen molar-refractivity contribution < 1.29 is 18.1 Å². The largest absolute Gasteiger partial charge is 0.288 e. The number of sulfonamides is 1. The van der Waals surface area contributed by atoms with Crippen molar-refractivity contribution in [2.45, 2.75) is 4.90 Å². The lowest BCUT2D eigenvalue weighted by molar-refractivity contribution is -0.384. The fourth-order valence-corrected chi connectivity index (χ4v) is 3.09. The van der Waals surface area contributed by atoms with Crippen LogP contribution in [-0.4, -0.2) is 30.6 Å². The van der Waals surface area contributed by atoms with E-state index in [1.165, 1.54) is 0 Å². The molecule has 1 aromatic rings. The van der Waals surface area contributed by atoms with Gasteiger partial charge in [-0.25, -0.2) is 12.7 Å². The second-order valence-corrected chi connectivity index (χ2v) is 5.68. The summed E-state index contributed by atoms with van der Waals surface area (Å²) in [6, 6.07) is 1.80. The minimum atomic E-state index is -3.92. The number of nitro groups is 1. The smallest absolute Gasteiger partial charge is 0.268 e. The monoisotopic (exact) mass is 276 g/mol. The summed E-state index contributed by atoms with van der Waals surface area (Å²) >= 11 is 5.59. The zero-order valence-corrected chi connectivity index (χ0v) is 9.95. The van der Waals surface area contributed by atoms with Crippen molar-refractivity contribution in [1.82, 2.24) is 4.31 Å². The predicted octanol–water partition coefficient (Wildman–Crippen LogP) is 1.02. The third-order valence-corrected chi connectivity index (χ3v) is 4.48. The van der Waals surface area contributed by atoms with E-state index in [0.717, 1.165) is 19.2 Å². The van der Waals surface area contributed by atoms with E-state index in [4.69, 9.17) is 11.6 Å². The summed E-state index contributed by atoms with van der Waals surface area (Å²) in [7, 11) is -2.84. The molecule has 0 spiro atoms. The number of benzene rings is 1. The molecule has 1 amide bonds. The van der Waals surface area contributed by atoms with Crippen LogP contribution >= 0.6 is 11.6 Å². The Bertz CT molecular complexity index is 654. The van der Waals surface area contributed by atoms with Gasteiger partial charge in [0.2, 0.25) is 0 Å². The SMILES string of the molecule is CN1C(=O)c2cc([N+](=O)[O-])c(Cl)cc2S1(=O)=O. The van der Waals surface area contributed by atoms with E-state index in [2.05, 4.69) is 0 Å². The van der Waals surface area contributed by atoms with Gasteiger partial charge in [0.05, 0.1) is 10.5 Å². The number of carbonyl (C=O) groups excluding carboxylic acids is 1. The molecule has 2 rings (SSSR count). The highest BCUT2D eigenvalue weighted by Crippen LogP contribution is 2.36. The molecule has 90 valence electrons. The maximum Gasteiger partial charge on any atom is 0.288 e. The summed E-state index contributed by atoms with van der Waals surface area (Å²) in [6.45, 7) is 0. The summed E-state index contributed by atoms with van der Waals surface area (Å²) in [5.74, 6) is -0.806. The molecule has 17 heavy (non-hydrogen) atoms. The van der Waals surface area contributed by atoms with Crippen LogP contribution in [0.4, 0.5) is 5.69 Å². The van der Waals surface area contributed by atoms with Crippen LogP contribution in [0.15, 0.2) is 17.0 Å². The molecular formula is C8H5ClN2O5S. The molecule has 0 saturated heterocycles. The van der Waals surface area contributed by atoms with Crippen LogP contribution in [0.2, 0.25) is 5.02 Å². The van der Waals surface area contributed by atoms with Gasteiger partial charge in [-0.1, -0.05) is 11.6 Å². The molecular weight excluding hydrogens is 272 g/mol. The molecule has 0 bridgehead atoms. The Balaban J connectivity index is 2.82. The average Bonchev–Trinajstić information content (AvgIpc) is 2.40. The molecule has 1 aromatic carbocycles. The van der Waals surface area contributed by atoms with Gasteiger partial charge in [0.1, 0.15) is 9.92 Å². The van der Waals surface area contributed by atoms with Crippen LogP contribution in [0.25, 0.3) is 0 Å². The number of halogens is 1. The van der Waals surface area contributed by atoms with Crippen molar-refractivity contribution in [3.05, 3.63) is 32.8 Å². The molecule has 0 unspecified atom stereocenters. The van der Waals surface area contributed by atoms with E-state index in [0.29, 0.717) is 4.31 Å². The van der Waals surface area contributed by atoms with E-state index in [1.807, 2.05) is 0 Å². The third kappa shape index (κ3) is 1.48. The fourth-order valence-electron chi connectivity index (χ4n) is 1.49. The van der Waals surface area contributed by atoms with Crippen molar-refractivity contribution in [1.29, 1.82) is 0 Å². The Morgan fingerprint density at radius 2 is 2.00 bits per heavy atom. The van der Waals surface area contributed by atoms with Crippen molar-refractivity contribution in [2.75, 3.05) is 7.05 Å². The van der Waals surface area contributed by atoms with Crippen molar-refractivity contribution in [3.8, 4) is 0 Å². The summed E-state index contributed by atoms with van der Waals surface area (Å²) in [6.07, 6.45) is 0. The number of hydrogen-bond acceptors (Lipinski definition) is 5. The molecule has 0 radical (unpaired) electrons. The molecule has 7 nitrogen and oxygen atoms in total. The Kier molecular flexibility index (Phi) is 2.37. The van der Waals surface area contributed by atoms with Gasteiger partial charge in [0.15, 0.2) is 0 Å². The first-order valence-electron chi connectivity index (χ1n) is 4.28. The molecule has 0 fully saturated rings. The number of hydrogen-bond donors (Lipinski definition) is 0. The van der Waals surface area contributed by atoms with Gasteiger partial charge in [-0.2, -0.15) is 0 Å². The Morgan fingerprint density at radius 1 is 1.41 bits per heavy atom. The highest BCUT2D eigenvalue weighted by molar-refractivity contribution is 7.90. The Morgan fingerprint density at radius 3 is 2.53 bits per heavy atom. The summed E-state index contributed by atoms with van der Waals surface area (Å²) in [5.41, 5.74) is -0.729. The second-order valence-electron chi connectivity index (χ2n) is 3.33. The lowest BCUT2D eigenvalue weighted by Crippen LogP contribution is -2.24. The number of rotatable bonds is 1. The molecule has 1 aliphatic heterocycles. The zero-order chi connectivity index (χ0) is 13.0. The van der Waals surface area contributed by atoms with Gasteiger partial charge in [0, 0.05) is 13.1 Å². The minimum Gasteiger partial charge on any atom is -0.268 e. The topological polar surface area (TPSA) is 97.6 Å². The van der Waals surface area contributed by atoms with Crippen LogP contribution < -0.4 is 0 Å². The molecule has 1 heterocycles. The molecule has 0 atom stereocenters. The maximum atomic E-state index is 11.7. The van der Waals surface area contributed by atoms with Crippen LogP contribution in [0.5, 0.6) is 0 Å². The van der Waals surface area contributed by atoms with Crippen molar-refractivity contribution in [2.24, 2.45) is 0 Å². The first kappa shape index (κ1) is 11.8. The highest BCUT2D eigenvalue weighted by Gasteiger charge is 2.40. The minimum absolute atomic E-state index is 0.233. The molecule has 1 aliphatic rings. The second kappa shape index (κ2) is 3.41. The van der Waals surface area contributed by atoms with E-state index < -0.39 is 26.5 Å². The van der Waals surface area contributed by atoms with E-state index in [9.17, 15) is 23.3 Å². The van der Waals surface area contributed by atoms with E-state index in [1.54, 1.807) is 0 Å². The van der Waals surface area contributed by atoms with E-state index in [-0.39, 0.29) is 15.5 Å². The van der Waals surface area contributed by atoms with Gasteiger partial charge in [-0.15, -0.1) is 0 Å². The average molecular weight is 277 g/mol. The van der Waals surface area contributed by atoms with Gasteiger partial charge in [-0.3, -0.25) is 14.9 Å².